The molecule has 0 aromatic heterocycles. The topological polar surface area (TPSA) is 30.5 Å². The van der Waals surface area contributed by atoms with Crippen LogP contribution in [0.1, 0.15) is 57.6 Å². The van der Waals surface area contributed by atoms with Gasteiger partial charge in [-0.2, -0.15) is 0 Å². The van der Waals surface area contributed by atoms with Crippen molar-refractivity contribution < 1.29 is 9.47 Å². The number of rotatable bonds is 10. The molecule has 0 aliphatic carbocycles. The lowest BCUT2D eigenvalue weighted by molar-refractivity contribution is 0.348. The Morgan fingerprint density at radius 3 is 2.33 bits per heavy atom. The van der Waals surface area contributed by atoms with Gasteiger partial charge < -0.3 is 14.8 Å². The van der Waals surface area contributed by atoms with Gasteiger partial charge in [0, 0.05) is 6.04 Å². The molecule has 3 nitrogen and oxygen atoms in total. The number of nitrogens with one attached hydrogen (secondary N) is 1. The Hall–Kier alpha value is -1.22. The number of methoxy groups -OCH3 is 2. The van der Waals surface area contributed by atoms with Crippen molar-refractivity contribution in [1.82, 2.24) is 5.32 Å². The number of hydrogen-bond acceptors (Lipinski definition) is 3. The van der Waals surface area contributed by atoms with Crippen LogP contribution in [-0.4, -0.2) is 21.3 Å². The Morgan fingerprint density at radius 1 is 1.10 bits per heavy atom. The Morgan fingerprint density at radius 2 is 1.81 bits per heavy atom. The third-order valence-corrected chi connectivity index (χ3v) is 4.27. The third kappa shape index (κ3) is 5.24. The summed E-state index contributed by atoms with van der Waals surface area (Å²) in [4.78, 5) is 0. The molecule has 2 atom stereocenters. The van der Waals surface area contributed by atoms with Crippen molar-refractivity contribution in [2.24, 2.45) is 5.92 Å². The second-order valence-electron chi connectivity index (χ2n) is 5.61. The van der Waals surface area contributed by atoms with Crippen LogP contribution in [0, 0.1) is 5.92 Å². The van der Waals surface area contributed by atoms with E-state index in [4.69, 9.17) is 9.47 Å². The molecule has 2 unspecified atom stereocenters. The van der Waals surface area contributed by atoms with Crippen molar-refractivity contribution in [2.75, 3.05) is 21.3 Å². The van der Waals surface area contributed by atoms with Gasteiger partial charge in [-0.25, -0.2) is 0 Å². The third-order valence-electron chi connectivity index (χ3n) is 4.27. The van der Waals surface area contributed by atoms with Gasteiger partial charge >= 0.3 is 0 Å². The van der Waals surface area contributed by atoms with Crippen molar-refractivity contribution in [2.45, 2.75) is 52.0 Å². The highest BCUT2D eigenvalue weighted by Crippen LogP contribution is 2.33. The molecule has 0 bridgehead atoms. The first-order valence-corrected chi connectivity index (χ1v) is 8.09. The fraction of sp³-hybridized carbons (Fsp3) is 0.667. The van der Waals surface area contributed by atoms with Crippen LogP contribution in [0.2, 0.25) is 0 Å². The summed E-state index contributed by atoms with van der Waals surface area (Å²) in [5.74, 6) is 2.36. The van der Waals surface area contributed by atoms with E-state index in [-0.39, 0.29) is 0 Å². The van der Waals surface area contributed by atoms with Crippen molar-refractivity contribution in [3.8, 4) is 11.5 Å². The monoisotopic (exact) mass is 293 g/mol. The minimum absolute atomic E-state index is 0.367. The fourth-order valence-electron chi connectivity index (χ4n) is 2.80. The Bertz CT molecular complexity index is 406. The van der Waals surface area contributed by atoms with Crippen LogP contribution in [0.3, 0.4) is 0 Å². The molecule has 21 heavy (non-hydrogen) atoms. The van der Waals surface area contributed by atoms with Crippen LogP contribution in [0.5, 0.6) is 11.5 Å². The summed E-state index contributed by atoms with van der Waals surface area (Å²) in [5, 5.41) is 3.45. The molecule has 0 saturated carbocycles. The molecular formula is C18H31NO2. The molecular weight excluding hydrogens is 262 g/mol. The highest BCUT2D eigenvalue weighted by Gasteiger charge is 2.17. The minimum Gasteiger partial charge on any atom is -0.493 e. The van der Waals surface area contributed by atoms with E-state index >= 15 is 0 Å². The molecule has 0 fully saturated rings. The summed E-state index contributed by atoms with van der Waals surface area (Å²) in [6, 6.07) is 6.58. The molecule has 1 N–H and O–H groups in total. The fourth-order valence-corrected chi connectivity index (χ4v) is 2.80. The van der Waals surface area contributed by atoms with Crippen LogP contribution in [0.25, 0.3) is 0 Å². The lowest BCUT2D eigenvalue weighted by Gasteiger charge is -2.23. The van der Waals surface area contributed by atoms with Crippen LogP contribution in [0.4, 0.5) is 0 Å². The first-order chi connectivity index (χ1) is 10.2. The van der Waals surface area contributed by atoms with Crippen molar-refractivity contribution in [3.63, 3.8) is 0 Å². The van der Waals surface area contributed by atoms with Crippen LogP contribution in [0.15, 0.2) is 18.2 Å². The molecule has 0 saturated heterocycles. The number of ether oxygens (including phenoxy) is 2. The number of benzene rings is 1. The van der Waals surface area contributed by atoms with Gasteiger partial charge in [-0.05, 0) is 37.1 Å². The molecule has 1 rings (SSSR count). The zero-order valence-corrected chi connectivity index (χ0v) is 14.2. The highest BCUT2D eigenvalue weighted by atomic mass is 16.5. The van der Waals surface area contributed by atoms with Crippen molar-refractivity contribution in [3.05, 3.63) is 23.8 Å². The van der Waals surface area contributed by atoms with E-state index in [1.54, 1.807) is 14.2 Å². The quantitative estimate of drug-likeness (QED) is 0.685. The van der Waals surface area contributed by atoms with Gasteiger partial charge in [-0.1, -0.05) is 45.6 Å². The molecule has 1 aromatic carbocycles. The minimum atomic E-state index is 0.367. The molecule has 0 amide bonds. The van der Waals surface area contributed by atoms with Gasteiger partial charge in [0.05, 0.1) is 14.2 Å². The van der Waals surface area contributed by atoms with Gasteiger partial charge in [0.25, 0.3) is 0 Å². The maximum absolute atomic E-state index is 5.41. The first-order valence-electron chi connectivity index (χ1n) is 8.09. The molecule has 1 aromatic rings. The average molecular weight is 293 g/mol. The van der Waals surface area contributed by atoms with E-state index in [0.29, 0.717) is 6.04 Å². The van der Waals surface area contributed by atoms with Crippen molar-refractivity contribution >= 4 is 0 Å². The molecule has 3 heteroatoms. The largest absolute Gasteiger partial charge is 0.493 e. The summed E-state index contributed by atoms with van der Waals surface area (Å²) in [7, 11) is 5.39. The number of unbranched alkanes of at least 4 members (excludes halogenated alkanes) is 1. The predicted molar refractivity (Wildman–Crippen MR) is 89.3 cm³/mol. The van der Waals surface area contributed by atoms with E-state index in [1.807, 2.05) is 13.1 Å². The summed E-state index contributed by atoms with van der Waals surface area (Å²) < 4.78 is 10.7. The van der Waals surface area contributed by atoms with E-state index in [9.17, 15) is 0 Å². The first kappa shape index (κ1) is 17.8. The smallest absolute Gasteiger partial charge is 0.161 e. The standard InChI is InChI=1S/C18H31NO2/c1-6-8-9-14(7-2)12-16(19-3)15-10-11-17(20-4)18(13-15)21-5/h10-11,13-14,16,19H,6-9,12H2,1-5H3. The molecule has 0 spiro atoms. The highest BCUT2D eigenvalue weighted by molar-refractivity contribution is 5.43. The lowest BCUT2D eigenvalue weighted by Crippen LogP contribution is -2.20. The van der Waals surface area contributed by atoms with Gasteiger partial charge in [-0.3, -0.25) is 0 Å². The second kappa shape index (κ2) is 9.67. The zero-order valence-electron chi connectivity index (χ0n) is 14.2. The van der Waals surface area contributed by atoms with E-state index < -0.39 is 0 Å². The van der Waals surface area contributed by atoms with E-state index in [1.165, 1.54) is 37.7 Å². The Balaban J connectivity index is 2.83. The summed E-state index contributed by atoms with van der Waals surface area (Å²) in [5.41, 5.74) is 1.27. The van der Waals surface area contributed by atoms with Gasteiger partial charge in [0.15, 0.2) is 11.5 Å². The SMILES string of the molecule is CCCCC(CC)CC(NC)c1ccc(OC)c(OC)c1. The Labute approximate surface area is 130 Å². The number of hydrogen-bond donors (Lipinski definition) is 1. The molecule has 0 radical (unpaired) electrons. The normalized spacial score (nSPS) is 13.8. The average Bonchev–Trinajstić information content (AvgIpc) is 2.54. The molecule has 120 valence electrons. The van der Waals surface area contributed by atoms with Crippen LogP contribution < -0.4 is 14.8 Å². The summed E-state index contributed by atoms with van der Waals surface area (Å²) in [6.45, 7) is 4.55. The maximum atomic E-state index is 5.41. The zero-order chi connectivity index (χ0) is 15.7. The maximum Gasteiger partial charge on any atom is 0.161 e. The van der Waals surface area contributed by atoms with E-state index in [2.05, 4.69) is 31.3 Å². The summed E-state index contributed by atoms with van der Waals surface area (Å²) >= 11 is 0. The van der Waals surface area contributed by atoms with Crippen molar-refractivity contribution in [1.29, 1.82) is 0 Å². The lowest BCUT2D eigenvalue weighted by atomic mass is 9.89. The van der Waals surface area contributed by atoms with Crippen LogP contribution >= 0.6 is 0 Å². The molecule has 0 aliphatic heterocycles. The van der Waals surface area contributed by atoms with E-state index in [0.717, 1.165) is 17.4 Å². The molecule has 0 aliphatic rings. The molecule has 0 heterocycles. The van der Waals surface area contributed by atoms with Gasteiger partial charge in [0.1, 0.15) is 0 Å². The second-order valence-corrected chi connectivity index (χ2v) is 5.61. The Kier molecular flexibility index (Phi) is 8.21. The van der Waals surface area contributed by atoms with Crippen LogP contribution in [-0.2, 0) is 0 Å². The van der Waals surface area contributed by atoms with Gasteiger partial charge in [-0.15, -0.1) is 0 Å². The van der Waals surface area contributed by atoms with Gasteiger partial charge in [0.2, 0.25) is 0 Å². The summed E-state index contributed by atoms with van der Waals surface area (Å²) in [6.07, 6.45) is 6.32. The predicted octanol–water partition coefficient (Wildman–Crippen LogP) is 4.57.